The predicted molar refractivity (Wildman–Crippen MR) is 65.0 cm³/mol. The molecule has 0 spiro atoms. The third kappa shape index (κ3) is 2.80. The molecule has 17 heavy (non-hydrogen) atoms. The van der Waals surface area contributed by atoms with E-state index in [9.17, 15) is 9.90 Å². The second-order valence-corrected chi connectivity index (χ2v) is 5.42. The molecule has 2 fully saturated rings. The molecular weight excluding hydrogens is 218 g/mol. The molecule has 2 aliphatic rings. The van der Waals surface area contributed by atoms with Gasteiger partial charge in [-0.3, -0.25) is 10.1 Å². The van der Waals surface area contributed by atoms with Crippen molar-refractivity contribution in [2.45, 2.75) is 57.1 Å². The van der Waals surface area contributed by atoms with Crippen LogP contribution < -0.4 is 5.32 Å². The minimum Gasteiger partial charge on any atom is -0.480 e. The van der Waals surface area contributed by atoms with Gasteiger partial charge < -0.3 is 9.84 Å². The molecule has 98 valence electrons. The van der Waals surface area contributed by atoms with E-state index in [2.05, 4.69) is 12.2 Å². The van der Waals surface area contributed by atoms with Gasteiger partial charge in [-0.1, -0.05) is 13.3 Å². The Bertz CT molecular complexity index is 276. The van der Waals surface area contributed by atoms with Gasteiger partial charge in [0.2, 0.25) is 0 Å². The Balaban J connectivity index is 1.90. The van der Waals surface area contributed by atoms with E-state index in [1.807, 2.05) is 0 Å². The van der Waals surface area contributed by atoms with E-state index in [1.165, 1.54) is 0 Å². The van der Waals surface area contributed by atoms with Crippen LogP contribution in [0.4, 0.5) is 0 Å². The van der Waals surface area contributed by atoms with E-state index in [1.54, 1.807) is 0 Å². The monoisotopic (exact) mass is 241 g/mol. The van der Waals surface area contributed by atoms with Crippen molar-refractivity contribution in [1.29, 1.82) is 0 Å². The smallest absolute Gasteiger partial charge is 0.323 e. The summed E-state index contributed by atoms with van der Waals surface area (Å²) in [7, 11) is 0. The summed E-state index contributed by atoms with van der Waals surface area (Å²) in [6.45, 7) is 3.65. The summed E-state index contributed by atoms with van der Waals surface area (Å²) < 4.78 is 5.54. The number of hydrogen-bond acceptors (Lipinski definition) is 3. The van der Waals surface area contributed by atoms with Crippen LogP contribution in [0.15, 0.2) is 0 Å². The van der Waals surface area contributed by atoms with Crippen molar-refractivity contribution in [3.63, 3.8) is 0 Å². The third-order valence-electron chi connectivity index (χ3n) is 4.30. The quantitative estimate of drug-likeness (QED) is 0.770. The first-order chi connectivity index (χ1) is 8.16. The first-order valence-corrected chi connectivity index (χ1v) is 6.76. The lowest BCUT2D eigenvalue weighted by molar-refractivity contribution is -0.145. The molecule has 4 heteroatoms. The first-order valence-electron chi connectivity index (χ1n) is 6.76. The van der Waals surface area contributed by atoms with Crippen LogP contribution in [-0.4, -0.2) is 35.9 Å². The number of rotatable bonds is 5. The van der Waals surface area contributed by atoms with E-state index >= 15 is 0 Å². The summed E-state index contributed by atoms with van der Waals surface area (Å²) in [4.78, 5) is 11.5. The van der Waals surface area contributed by atoms with Crippen LogP contribution in [0.2, 0.25) is 0 Å². The van der Waals surface area contributed by atoms with Crippen LogP contribution in [0.25, 0.3) is 0 Å². The largest absolute Gasteiger partial charge is 0.480 e. The van der Waals surface area contributed by atoms with E-state index in [0.29, 0.717) is 12.5 Å². The fourth-order valence-electron chi connectivity index (χ4n) is 3.04. The summed E-state index contributed by atoms with van der Waals surface area (Å²) in [6, 6.07) is 0. The van der Waals surface area contributed by atoms with Gasteiger partial charge in [0, 0.05) is 13.2 Å². The van der Waals surface area contributed by atoms with E-state index in [-0.39, 0.29) is 6.10 Å². The van der Waals surface area contributed by atoms with Crippen LogP contribution in [0.3, 0.4) is 0 Å². The van der Waals surface area contributed by atoms with Crippen LogP contribution in [-0.2, 0) is 9.53 Å². The maximum Gasteiger partial charge on any atom is 0.323 e. The minimum atomic E-state index is -0.688. The van der Waals surface area contributed by atoms with Crippen molar-refractivity contribution in [3.8, 4) is 0 Å². The lowest BCUT2D eigenvalue weighted by Crippen LogP contribution is -2.52. The Hall–Kier alpha value is -0.610. The Morgan fingerprint density at radius 2 is 2.35 bits per heavy atom. The van der Waals surface area contributed by atoms with Gasteiger partial charge in [-0.25, -0.2) is 0 Å². The number of carbonyl (C=O) groups is 1. The molecule has 0 aromatic carbocycles. The van der Waals surface area contributed by atoms with E-state index < -0.39 is 11.5 Å². The van der Waals surface area contributed by atoms with Gasteiger partial charge in [0.25, 0.3) is 0 Å². The molecular formula is C13H23NO3. The maximum atomic E-state index is 11.5. The Labute approximate surface area is 103 Å². The van der Waals surface area contributed by atoms with Crippen LogP contribution in [0, 0.1) is 5.92 Å². The summed E-state index contributed by atoms with van der Waals surface area (Å²) in [5, 5.41) is 12.7. The predicted octanol–water partition coefficient (Wildman–Crippen LogP) is 1.79. The van der Waals surface area contributed by atoms with Gasteiger partial charge in [0.1, 0.15) is 5.54 Å². The van der Waals surface area contributed by atoms with E-state index in [0.717, 1.165) is 45.1 Å². The average Bonchev–Trinajstić information content (AvgIpc) is 2.96. The zero-order valence-electron chi connectivity index (χ0n) is 10.6. The number of hydrogen-bond donors (Lipinski definition) is 2. The molecule has 3 atom stereocenters. The van der Waals surface area contributed by atoms with Gasteiger partial charge in [0.15, 0.2) is 0 Å². The molecule has 0 radical (unpaired) electrons. The zero-order chi connectivity index (χ0) is 12.3. The molecule has 2 rings (SSSR count). The molecule has 0 aromatic rings. The fourth-order valence-corrected chi connectivity index (χ4v) is 3.04. The summed E-state index contributed by atoms with van der Waals surface area (Å²) in [5.41, 5.74) is -0.688. The van der Waals surface area contributed by atoms with Gasteiger partial charge in [-0.15, -0.1) is 0 Å². The molecule has 1 saturated heterocycles. The maximum absolute atomic E-state index is 11.5. The topological polar surface area (TPSA) is 58.6 Å². The zero-order valence-corrected chi connectivity index (χ0v) is 10.6. The Morgan fingerprint density at radius 1 is 1.53 bits per heavy atom. The highest BCUT2D eigenvalue weighted by molar-refractivity contribution is 5.79. The SMILES string of the molecule is CCC1CCC(NCC2CCCO2)(C(=O)O)C1. The number of ether oxygens (including phenoxy) is 1. The van der Waals surface area contributed by atoms with Crippen molar-refractivity contribution in [1.82, 2.24) is 5.32 Å². The first kappa shape index (κ1) is 12.8. The van der Waals surface area contributed by atoms with Crippen LogP contribution >= 0.6 is 0 Å². The molecule has 0 bridgehead atoms. The number of nitrogens with one attached hydrogen (secondary N) is 1. The molecule has 1 heterocycles. The van der Waals surface area contributed by atoms with Crippen molar-refractivity contribution in [2.24, 2.45) is 5.92 Å². The molecule has 3 unspecified atom stereocenters. The Morgan fingerprint density at radius 3 is 2.88 bits per heavy atom. The van der Waals surface area contributed by atoms with Crippen molar-refractivity contribution in [3.05, 3.63) is 0 Å². The normalized spacial score (nSPS) is 37.5. The second kappa shape index (κ2) is 5.36. The molecule has 0 aromatic heterocycles. The van der Waals surface area contributed by atoms with Crippen LogP contribution in [0.5, 0.6) is 0 Å². The number of carboxylic acids is 1. The summed E-state index contributed by atoms with van der Waals surface area (Å²) in [5.74, 6) is -0.130. The standard InChI is InChI=1S/C13H23NO3/c1-2-10-5-6-13(8-10,12(15)16)14-9-11-4-3-7-17-11/h10-11,14H,2-9H2,1H3,(H,15,16). The molecule has 0 amide bonds. The number of aliphatic carboxylic acids is 1. The van der Waals surface area contributed by atoms with Gasteiger partial charge in [-0.05, 0) is 38.0 Å². The molecule has 1 aliphatic heterocycles. The second-order valence-electron chi connectivity index (χ2n) is 5.42. The highest BCUT2D eigenvalue weighted by Gasteiger charge is 2.44. The van der Waals surface area contributed by atoms with Gasteiger partial charge in [0.05, 0.1) is 6.10 Å². The van der Waals surface area contributed by atoms with Crippen molar-refractivity contribution in [2.75, 3.05) is 13.2 Å². The van der Waals surface area contributed by atoms with Gasteiger partial charge >= 0.3 is 5.97 Å². The van der Waals surface area contributed by atoms with Crippen LogP contribution in [0.1, 0.15) is 45.4 Å². The molecule has 2 N–H and O–H groups in total. The average molecular weight is 241 g/mol. The minimum absolute atomic E-state index is 0.215. The Kier molecular flexibility index (Phi) is 4.05. The summed E-state index contributed by atoms with van der Waals surface area (Å²) >= 11 is 0. The fraction of sp³-hybridized carbons (Fsp3) is 0.923. The summed E-state index contributed by atoms with van der Waals surface area (Å²) in [6.07, 6.45) is 6.01. The molecule has 1 aliphatic carbocycles. The number of carboxylic acid groups (broad SMARTS) is 1. The van der Waals surface area contributed by atoms with Gasteiger partial charge in [-0.2, -0.15) is 0 Å². The highest BCUT2D eigenvalue weighted by Crippen LogP contribution is 2.36. The third-order valence-corrected chi connectivity index (χ3v) is 4.30. The van der Waals surface area contributed by atoms with E-state index in [4.69, 9.17) is 4.74 Å². The lowest BCUT2D eigenvalue weighted by atomic mass is 9.94. The van der Waals surface area contributed by atoms with Crippen molar-refractivity contribution < 1.29 is 14.6 Å². The molecule has 1 saturated carbocycles. The van der Waals surface area contributed by atoms with Crippen molar-refractivity contribution >= 4 is 5.97 Å². The lowest BCUT2D eigenvalue weighted by Gasteiger charge is -2.27. The molecule has 4 nitrogen and oxygen atoms in total. The highest BCUT2D eigenvalue weighted by atomic mass is 16.5.